The van der Waals surface area contributed by atoms with Crippen molar-refractivity contribution in [3.63, 3.8) is 0 Å². The topological polar surface area (TPSA) is 3.24 Å². The van der Waals surface area contributed by atoms with E-state index in [2.05, 4.69) is 88.3 Å². The third-order valence-corrected chi connectivity index (χ3v) is 19.4. The van der Waals surface area contributed by atoms with Gasteiger partial charge in [0.2, 0.25) is 0 Å². The van der Waals surface area contributed by atoms with Crippen LogP contribution in [0, 0.1) is 0 Å². The lowest BCUT2D eigenvalue weighted by molar-refractivity contribution is 0.546. The van der Waals surface area contributed by atoms with Gasteiger partial charge in [-0.05, 0) is 10.1 Å². The highest BCUT2D eigenvalue weighted by Crippen LogP contribution is 2.46. The zero-order valence-corrected chi connectivity index (χ0v) is 17.8. The van der Waals surface area contributed by atoms with Crippen molar-refractivity contribution < 1.29 is 0 Å². The second-order valence-electron chi connectivity index (χ2n) is 8.63. The van der Waals surface area contributed by atoms with E-state index in [0.29, 0.717) is 10.1 Å². The fourth-order valence-electron chi connectivity index (χ4n) is 2.12. The van der Waals surface area contributed by atoms with E-state index in [4.69, 9.17) is 0 Å². The van der Waals surface area contributed by atoms with Crippen LogP contribution in [-0.2, 0) is 0 Å². The molecule has 0 aromatic rings. The van der Waals surface area contributed by atoms with Crippen molar-refractivity contribution in [2.45, 2.75) is 77.8 Å². The molecule has 0 saturated carbocycles. The van der Waals surface area contributed by atoms with Gasteiger partial charge in [0.1, 0.15) is 16.5 Å². The Balaban J connectivity index is 5.72. The van der Waals surface area contributed by atoms with Gasteiger partial charge in [-0.3, -0.25) is 0 Å². The maximum Gasteiger partial charge on any atom is 0.121 e. The van der Waals surface area contributed by atoms with E-state index in [1.165, 1.54) is 0 Å². The minimum atomic E-state index is -1.49. The van der Waals surface area contributed by atoms with Gasteiger partial charge < -0.3 is 4.23 Å². The van der Waals surface area contributed by atoms with Gasteiger partial charge in [-0.25, -0.2) is 0 Å². The number of hydrogen-bond acceptors (Lipinski definition) is 1. The first-order valence-electron chi connectivity index (χ1n) is 7.29. The average Bonchev–Trinajstić information content (AvgIpc) is 2.13. The lowest BCUT2D eigenvalue weighted by Crippen LogP contribution is -2.68. The Morgan fingerprint density at radius 1 is 0.842 bits per heavy atom. The third-order valence-electron chi connectivity index (χ3n) is 5.43. The van der Waals surface area contributed by atoms with E-state index in [1.807, 2.05) is 5.70 Å². The molecule has 3 radical (unpaired) electrons. The van der Waals surface area contributed by atoms with Gasteiger partial charge in [0, 0.05) is 6.54 Å². The van der Waals surface area contributed by atoms with E-state index in [-0.39, 0.29) is 0 Å². The van der Waals surface area contributed by atoms with E-state index in [1.54, 1.807) is 0 Å². The molecule has 1 nitrogen and oxygen atoms in total. The predicted octanol–water partition coefficient (Wildman–Crippen LogP) is 4.98. The Morgan fingerprint density at radius 2 is 1.16 bits per heavy atom. The zero-order chi connectivity index (χ0) is 15.7. The fourth-order valence-corrected chi connectivity index (χ4v) is 12.6. The van der Waals surface area contributed by atoms with Crippen LogP contribution in [0.15, 0.2) is 11.8 Å². The third kappa shape index (κ3) is 4.16. The van der Waals surface area contributed by atoms with Crippen LogP contribution in [-0.4, -0.2) is 37.5 Å². The van der Waals surface area contributed by atoms with Crippen molar-refractivity contribution in [2.75, 3.05) is 6.54 Å². The number of rotatable bonds is 4. The minimum absolute atomic E-state index is 0.391. The SMILES string of the molecule is CC(C)(C)[Si](C)(C)N(CC=C[Si])[Si](C)(C)C(C)(C)C. The van der Waals surface area contributed by atoms with Gasteiger partial charge in [0.15, 0.2) is 0 Å². The predicted molar refractivity (Wildman–Crippen MR) is 96.0 cm³/mol. The van der Waals surface area contributed by atoms with Crippen molar-refractivity contribution in [2.24, 2.45) is 0 Å². The first-order chi connectivity index (χ1) is 8.19. The molecule has 0 unspecified atom stereocenters. The standard InChI is InChI=1S/C15H34NSi3/c1-14(2,3)18(7,8)16(12-11-13-17)19(9,10)15(4,5)6/h11,13H,12H2,1-10H3. The first-order valence-corrected chi connectivity index (χ1v) is 13.8. The smallest absolute Gasteiger partial charge is 0.121 e. The molecule has 0 spiro atoms. The highest BCUT2D eigenvalue weighted by Gasteiger charge is 2.50. The summed E-state index contributed by atoms with van der Waals surface area (Å²) in [7, 11) is 0.495. The Hall–Kier alpha value is 0.351. The van der Waals surface area contributed by atoms with Crippen LogP contribution in [0.2, 0.25) is 36.3 Å². The summed E-state index contributed by atoms with van der Waals surface area (Å²) in [5.74, 6) is 0. The Kier molecular flexibility index (Phi) is 6.11. The van der Waals surface area contributed by atoms with Crippen molar-refractivity contribution in [1.82, 2.24) is 4.23 Å². The van der Waals surface area contributed by atoms with E-state index in [0.717, 1.165) is 6.54 Å². The molecule has 0 aromatic carbocycles. The van der Waals surface area contributed by atoms with Crippen molar-refractivity contribution in [1.29, 1.82) is 0 Å². The lowest BCUT2D eigenvalue weighted by Gasteiger charge is -2.56. The van der Waals surface area contributed by atoms with Crippen LogP contribution in [0.5, 0.6) is 0 Å². The summed E-state index contributed by atoms with van der Waals surface area (Å²) in [5.41, 5.74) is 2.01. The monoisotopic (exact) mass is 312 g/mol. The van der Waals surface area contributed by atoms with E-state index in [9.17, 15) is 0 Å². The molecule has 0 fully saturated rings. The van der Waals surface area contributed by atoms with Crippen LogP contribution in [0.3, 0.4) is 0 Å². The summed E-state index contributed by atoms with van der Waals surface area (Å²) >= 11 is 0. The van der Waals surface area contributed by atoms with Gasteiger partial charge in [-0.15, -0.1) is 5.70 Å². The second-order valence-corrected chi connectivity index (χ2v) is 19.7. The van der Waals surface area contributed by atoms with Gasteiger partial charge in [-0.1, -0.05) is 73.8 Å². The van der Waals surface area contributed by atoms with Crippen LogP contribution in [0.25, 0.3) is 0 Å². The molecule has 0 heterocycles. The Morgan fingerprint density at radius 3 is 1.37 bits per heavy atom. The normalized spacial score (nSPS) is 15.6. The van der Waals surface area contributed by atoms with Crippen molar-refractivity contribution in [3.8, 4) is 0 Å². The molecule has 19 heavy (non-hydrogen) atoms. The molecule has 111 valence electrons. The summed E-state index contributed by atoms with van der Waals surface area (Å²) in [6, 6.07) is 0. The molecule has 0 rings (SSSR count). The van der Waals surface area contributed by atoms with E-state index < -0.39 is 16.5 Å². The maximum absolute atomic E-state index is 3.48. The van der Waals surface area contributed by atoms with Gasteiger partial charge in [0.05, 0.1) is 10.2 Å². The molecule has 0 saturated heterocycles. The Labute approximate surface area is 127 Å². The summed E-state index contributed by atoms with van der Waals surface area (Å²) < 4.78 is 2.91. The summed E-state index contributed by atoms with van der Waals surface area (Å²) in [5, 5.41) is 0.782. The van der Waals surface area contributed by atoms with Crippen LogP contribution >= 0.6 is 0 Å². The van der Waals surface area contributed by atoms with Crippen LogP contribution < -0.4 is 0 Å². The number of nitrogens with zero attached hydrogens (tertiary/aromatic N) is 1. The quantitative estimate of drug-likeness (QED) is 0.662. The molecule has 0 N–H and O–H groups in total. The average molecular weight is 313 g/mol. The molecule has 0 bridgehead atoms. The van der Waals surface area contributed by atoms with Crippen molar-refractivity contribution >= 4 is 26.7 Å². The molecule has 0 aromatic heterocycles. The maximum atomic E-state index is 3.48. The minimum Gasteiger partial charge on any atom is -0.342 e. The highest BCUT2D eigenvalue weighted by molar-refractivity contribution is 6.93. The number of hydrogen-bond donors (Lipinski definition) is 0. The largest absolute Gasteiger partial charge is 0.342 e. The van der Waals surface area contributed by atoms with E-state index >= 15 is 0 Å². The first kappa shape index (κ1) is 19.4. The fraction of sp³-hybridized carbons (Fsp3) is 0.867. The highest BCUT2D eigenvalue weighted by atomic mass is 28.4. The lowest BCUT2D eigenvalue weighted by atomic mass is 10.2. The van der Waals surface area contributed by atoms with Gasteiger partial charge >= 0.3 is 0 Å². The molecule has 4 heteroatoms. The van der Waals surface area contributed by atoms with Gasteiger partial charge in [-0.2, -0.15) is 0 Å². The Bertz CT molecular complexity index is 293. The van der Waals surface area contributed by atoms with Crippen molar-refractivity contribution in [3.05, 3.63) is 11.8 Å². The van der Waals surface area contributed by atoms with Crippen LogP contribution in [0.4, 0.5) is 0 Å². The summed E-state index contributed by atoms with van der Waals surface area (Å²) in [6.07, 6.45) is 2.26. The molecule has 0 aliphatic rings. The molecule has 0 aliphatic heterocycles. The zero-order valence-electron chi connectivity index (χ0n) is 14.8. The molecular weight excluding hydrogens is 278 g/mol. The second kappa shape index (κ2) is 6.00. The molecular formula is C15H34NSi3. The summed E-state index contributed by atoms with van der Waals surface area (Å²) in [6.45, 7) is 25.7. The molecule has 0 aliphatic carbocycles. The molecule has 0 amide bonds. The molecule has 0 atom stereocenters. The summed E-state index contributed by atoms with van der Waals surface area (Å²) in [4.78, 5) is 0. The van der Waals surface area contributed by atoms with Crippen LogP contribution in [0.1, 0.15) is 41.5 Å². The van der Waals surface area contributed by atoms with Gasteiger partial charge in [0.25, 0.3) is 0 Å².